The van der Waals surface area contributed by atoms with E-state index in [1.807, 2.05) is 0 Å². The lowest BCUT2D eigenvalue weighted by atomic mass is 10.2. The molecule has 1 saturated heterocycles. The maximum Gasteiger partial charge on any atom is 0.257 e. The van der Waals surface area contributed by atoms with Crippen LogP contribution in [-0.4, -0.2) is 52.9 Å². The Hall–Kier alpha value is -1.85. The van der Waals surface area contributed by atoms with Crippen LogP contribution in [0.2, 0.25) is 0 Å². The highest BCUT2D eigenvalue weighted by atomic mass is 16.5. The van der Waals surface area contributed by atoms with Crippen molar-refractivity contribution in [2.24, 2.45) is 0 Å². The second-order valence-electron chi connectivity index (χ2n) is 4.44. The lowest BCUT2D eigenvalue weighted by Gasteiger charge is -2.17. The number of carbonyl (C=O) groups excluding carboxylic acids is 1. The molecule has 2 rings (SSSR count). The Morgan fingerprint density at radius 3 is 2.63 bits per heavy atom. The summed E-state index contributed by atoms with van der Waals surface area (Å²) in [6.07, 6.45) is -0.166. The standard InChI is InChI=1S/C14H17NO4/c1-2-7-19-13-6-4-3-5-10(13)14(18)15-8-11(16)12(17)9-15/h2-6,11-12,16-17H,1,7-9H2/t11-,12+. The second-order valence-corrected chi connectivity index (χ2v) is 4.44. The van der Waals surface area contributed by atoms with Gasteiger partial charge in [-0.25, -0.2) is 0 Å². The summed E-state index contributed by atoms with van der Waals surface area (Å²) in [5, 5.41) is 19.0. The first-order valence-electron chi connectivity index (χ1n) is 6.11. The van der Waals surface area contributed by atoms with E-state index in [1.54, 1.807) is 30.3 Å². The molecule has 1 aromatic carbocycles. The van der Waals surface area contributed by atoms with Crippen molar-refractivity contribution >= 4 is 5.91 Å². The highest BCUT2D eigenvalue weighted by Gasteiger charge is 2.33. The molecule has 1 aromatic rings. The predicted octanol–water partition coefficient (Wildman–Crippen LogP) is 0.429. The lowest BCUT2D eigenvalue weighted by Crippen LogP contribution is -2.30. The summed E-state index contributed by atoms with van der Waals surface area (Å²) in [6.45, 7) is 4.15. The number of β-amino-alcohol motifs (C(OH)–C–C–N with tert-alkyl or cyclic N) is 2. The van der Waals surface area contributed by atoms with E-state index >= 15 is 0 Å². The molecule has 0 aliphatic carbocycles. The summed E-state index contributed by atoms with van der Waals surface area (Å²) in [6, 6.07) is 6.90. The summed E-state index contributed by atoms with van der Waals surface area (Å²) < 4.78 is 5.43. The molecule has 1 amide bonds. The molecule has 1 aliphatic heterocycles. The van der Waals surface area contributed by atoms with Crippen molar-refractivity contribution in [1.29, 1.82) is 0 Å². The van der Waals surface area contributed by atoms with Crippen LogP contribution in [0.1, 0.15) is 10.4 Å². The van der Waals surface area contributed by atoms with Gasteiger partial charge >= 0.3 is 0 Å². The summed E-state index contributed by atoms with van der Waals surface area (Å²) in [7, 11) is 0. The zero-order valence-corrected chi connectivity index (χ0v) is 10.5. The molecule has 2 N–H and O–H groups in total. The van der Waals surface area contributed by atoms with Gasteiger partial charge in [0.05, 0.1) is 17.8 Å². The fourth-order valence-corrected chi connectivity index (χ4v) is 2.02. The van der Waals surface area contributed by atoms with Gasteiger partial charge in [-0.2, -0.15) is 0 Å². The Bertz CT molecular complexity index is 464. The van der Waals surface area contributed by atoms with E-state index in [-0.39, 0.29) is 19.0 Å². The van der Waals surface area contributed by atoms with Crippen molar-refractivity contribution in [3.05, 3.63) is 42.5 Å². The van der Waals surface area contributed by atoms with Crippen molar-refractivity contribution < 1.29 is 19.7 Å². The Kier molecular flexibility index (Phi) is 4.19. The second kappa shape index (κ2) is 5.86. The number of ether oxygens (including phenoxy) is 1. The quantitative estimate of drug-likeness (QED) is 0.773. The maximum atomic E-state index is 12.3. The van der Waals surface area contributed by atoms with Crippen molar-refractivity contribution in [3.8, 4) is 5.75 Å². The van der Waals surface area contributed by atoms with Crippen molar-refractivity contribution in [2.75, 3.05) is 19.7 Å². The zero-order valence-electron chi connectivity index (χ0n) is 10.5. The number of hydrogen-bond donors (Lipinski definition) is 2. The van der Waals surface area contributed by atoms with Crippen LogP contribution in [0.15, 0.2) is 36.9 Å². The molecule has 19 heavy (non-hydrogen) atoms. The van der Waals surface area contributed by atoms with Crippen LogP contribution < -0.4 is 4.74 Å². The molecule has 0 saturated carbocycles. The van der Waals surface area contributed by atoms with E-state index in [0.29, 0.717) is 17.9 Å². The van der Waals surface area contributed by atoms with Crippen LogP contribution in [0.25, 0.3) is 0 Å². The van der Waals surface area contributed by atoms with Crippen LogP contribution in [-0.2, 0) is 0 Å². The minimum Gasteiger partial charge on any atom is -0.489 e. The number of benzene rings is 1. The van der Waals surface area contributed by atoms with Gasteiger partial charge in [0.25, 0.3) is 5.91 Å². The molecule has 0 spiro atoms. The fourth-order valence-electron chi connectivity index (χ4n) is 2.02. The van der Waals surface area contributed by atoms with Crippen LogP contribution in [0.5, 0.6) is 5.75 Å². The molecule has 1 heterocycles. The topological polar surface area (TPSA) is 70.0 Å². The number of hydrogen-bond acceptors (Lipinski definition) is 4. The van der Waals surface area contributed by atoms with Gasteiger partial charge in [-0.15, -0.1) is 0 Å². The third-order valence-electron chi connectivity index (χ3n) is 3.02. The first-order valence-corrected chi connectivity index (χ1v) is 6.11. The number of rotatable bonds is 4. The predicted molar refractivity (Wildman–Crippen MR) is 70.1 cm³/mol. The molecule has 1 aliphatic rings. The van der Waals surface area contributed by atoms with E-state index in [4.69, 9.17) is 4.74 Å². The number of likely N-dealkylation sites (tertiary alicyclic amines) is 1. The van der Waals surface area contributed by atoms with Gasteiger partial charge in [0.2, 0.25) is 0 Å². The Balaban J connectivity index is 2.17. The minimum absolute atomic E-state index is 0.135. The Morgan fingerprint density at radius 1 is 1.37 bits per heavy atom. The van der Waals surface area contributed by atoms with Crippen molar-refractivity contribution in [3.63, 3.8) is 0 Å². The number of aliphatic hydroxyl groups is 2. The monoisotopic (exact) mass is 263 g/mol. The van der Waals surface area contributed by atoms with Gasteiger partial charge in [0.15, 0.2) is 0 Å². The number of nitrogens with zero attached hydrogens (tertiary/aromatic N) is 1. The average molecular weight is 263 g/mol. The SMILES string of the molecule is C=CCOc1ccccc1C(=O)N1C[C@@H](O)[C@@H](O)C1. The zero-order chi connectivity index (χ0) is 13.8. The van der Waals surface area contributed by atoms with Gasteiger partial charge < -0.3 is 19.8 Å². The largest absolute Gasteiger partial charge is 0.489 e. The van der Waals surface area contributed by atoms with E-state index in [2.05, 4.69) is 6.58 Å². The van der Waals surface area contributed by atoms with E-state index in [0.717, 1.165) is 0 Å². The number of carbonyl (C=O) groups is 1. The molecule has 5 nitrogen and oxygen atoms in total. The third kappa shape index (κ3) is 2.94. The summed E-state index contributed by atoms with van der Waals surface area (Å²) in [5.74, 6) is 0.221. The smallest absolute Gasteiger partial charge is 0.257 e. The highest BCUT2D eigenvalue weighted by Crippen LogP contribution is 2.22. The number of aliphatic hydroxyl groups excluding tert-OH is 2. The van der Waals surface area contributed by atoms with Crippen molar-refractivity contribution in [1.82, 2.24) is 4.90 Å². The van der Waals surface area contributed by atoms with Crippen LogP contribution >= 0.6 is 0 Å². The van der Waals surface area contributed by atoms with Gasteiger partial charge in [0.1, 0.15) is 12.4 Å². The van der Waals surface area contributed by atoms with Gasteiger partial charge in [-0.05, 0) is 12.1 Å². The normalized spacial score (nSPS) is 22.3. The van der Waals surface area contributed by atoms with Crippen LogP contribution in [0.4, 0.5) is 0 Å². The summed E-state index contributed by atoms with van der Waals surface area (Å²) in [4.78, 5) is 13.7. The van der Waals surface area contributed by atoms with Gasteiger partial charge in [0, 0.05) is 13.1 Å². The molecule has 102 valence electrons. The van der Waals surface area contributed by atoms with E-state index < -0.39 is 12.2 Å². The fraction of sp³-hybridized carbons (Fsp3) is 0.357. The van der Waals surface area contributed by atoms with E-state index in [1.165, 1.54) is 4.90 Å². The number of amides is 1. The summed E-state index contributed by atoms with van der Waals surface area (Å²) >= 11 is 0. The Labute approximate surface area is 111 Å². The van der Waals surface area contributed by atoms with Gasteiger partial charge in [-0.1, -0.05) is 24.8 Å². The molecule has 2 atom stereocenters. The van der Waals surface area contributed by atoms with Crippen LogP contribution in [0, 0.1) is 0 Å². The van der Waals surface area contributed by atoms with E-state index in [9.17, 15) is 15.0 Å². The molecule has 5 heteroatoms. The first-order chi connectivity index (χ1) is 9.13. The van der Waals surface area contributed by atoms with Gasteiger partial charge in [-0.3, -0.25) is 4.79 Å². The van der Waals surface area contributed by atoms with Crippen LogP contribution in [0.3, 0.4) is 0 Å². The molecule has 0 bridgehead atoms. The third-order valence-corrected chi connectivity index (χ3v) is 3.02. The maximum absolute atomic E-state index is 12.3. The van der Waals surface area contributed by atoms with Crippen molar-refractivity contribution in [2.45, 2.75) is 12.2 Å². The molecular formula is C14H17NO4. The highest BCUT2D eigenvalue weighted by molar-refractivity contribution is 5.97. The Morgan fingerprint density at radius 2 is 2.00 bits per heavy atom. The lowest BCUT2D eigenvalue weighted by molar-refractivity contribution is 0.0572. The molecule has 0 aromatic heterocycles. The first kappa shape index (κ1) is 13.6. The molecule has 0 unspecified atom stereocenters. The molecular weight excluding hydrogens is 246 g/mol. The molecule has 1 fully saturated rings. The minimum atomic E-state index is -0.884. The summed E-state index contributed by atoms with van der Waals surface area (Å²) in [5.41, 5.74) is 0.422. The number of para-hydroxylation sites is 1. The molecule has 0 radical (unpaired) electrons. The average Bonchev–Trinajstić information content (AvgIpc) is 2.76.